The molecule has 0 aliphatic heterocycles. The number of nitrogens with two attached hydrogens (primary N) is 1. The van der Waals surface area contributed by atoms with Crippen LogP contribution < -0.4 is 10.1 Å². The van der Waals surface area contributed by atoms with Gasteiger partial charge < -0.3 is 15.2 Å². The molecule has 0 spiro atoms. The van der Waals surface area contributed by atoms with E-state index < -0.39 is 0 Å². The van der Waals surface area contributed by atoms with Crippen molar-refractivity contribution in [2.24, 2.45) is 35.5 Å². The molecule has 3 nitrogen and oxygen atoms in total. The Hall–Kier alpha value is -1.06. The van der Waals surface area contributed by atoms with Gasteiger partial charge in [0.25, 0.3) is 0 Å². The summed E-state index contributed by atoms with van der Waals surface area (Å²) in [5.74, 6) is 6.96. The molecule has 4 saturated carbocycles. The zero-order valence-corrected chi connectivity index (χ0v) is 17.9. The standard InChI is InChI=1S/C26H39NO2/c28-19(17-29-20-7-2-1-3-8-20)16-27-26-15-14-24-23-11-10-18-6-4-5-9-21(18)22(23)12-13-25(24)26/h1-3,7-8,18-19,21-28H,4-6,9-17H2/p+1/t18-,19+,21+,22-,23-,24+,25-,26-/m0/s1. The molecule has 0 unspecified atom stereocenters. The SMILES string of the molecule is O[C@H](C[NH2+][C@H]1CC[C@@H]2[C@H]3CC[C@@H]4CCCC[C@H]4[C@@H]3CC[C@@H]21)COc1ccccc1. The van der Waals surface area contributed by atoms with Crippen molar-refractivity contribution >= 4 is 0 Å². The van der Waals surface area contributed by atoms with Crippen molar-refractivity contribution in [3.63, 3.8) is 0 Å². The largest absolute Gasteiger partial charge is 0.491 e. The van der Waals surface area contributed by atoms with Crippen LogP contribution in [0.25, 0.3) is 0 Å². The van der Waals surface area contributed by atoms with E-state index in [0.29, 0.717) is 6.61 Å². The van der Waals surface area contributed by atoms with E-state index in [0.717, 1.165) is 53.8 Å². The molecule has 0 amide bonds. The topological polar surface area (TPSA) is 46.1 Å². The highest BCUT2D eigenvalue weighted by molar-refractivity contribution is 5.20. The molecule has 4 aliphatic carbocycles. The fourth-order valence-corrected chi connectivity index (χ4v) is 7.93. The summed E-state index contributed by atoms with van der Waals surface area (Å²) < 4.78 is 5.74. The van der Waals surface area contributed by atoms with Gasteiger partial charge in [-0.05, 0) is 86.7 Å². The van der Waals surface area contributed by atoms with Gasteiger partial charge in [0.05, 0.1) is 6.04 Å². The van der Waals surface area contributed by atoms with Crippen molar-refractivity contribution in [1.82, 2.24) is 0 Å². The summed E-state index contributed by atoms with van der Waals surface area (Å²) >= 11 is 0. The van der Waals surface area contributed by atoms with Gasteiger partial charge in [0, 0.05) is 5.92 Å². The molecule has 8 atom stereocenters. The molecule has 160 valence electrons. The highest BCUT2D eigenvalue weighted by Gasteiger charge is 2.52. The summed E-state index contributed by atoms with van der Waals surface area (Å²) in [7, 11) is 0. The first kappa shape index (κ1) is 19.9. The zero-order valence-electron chi connectivity index (χ0n) is 17.9. The molecule has 4 aliphatic rings. The molecule has 0 radical (unpaired) electrons. The summed E-state index contributed by atoms with van der Waals surface area (Å²) in [5.41, 5.74) is 0. The van der Waals surface area contributed by atoms with Crippen LogP contribution in [0.1, 0.15) is 64.2 Å². The monoisotopic (exact) mass is 398 g/mol. The highest BCUT2D eigenvalue weighted by atomic mass is 16.5. The molecular weight excluding hydrogens is 358 g/mol. The molecule has 0 aromatic heterocycles. The van der Waals surface area contributed by atoms with Gasteiger partial charge in [0.15, 0.2) is 0 Å². The number of para-hydroxylation sites is 1. The predicted octanol–water partition coefficient (Wildman–Crippen LogP) is 4.01. The number of quaternary nitrogens is 1. The number of benzene rings is 1. The fraction of sp³-hybridized carbons (Fsp3) is 0.769. The van der Waals surface area contributed by atoms with Crippen molar-refractivity contribution in [3.05, 3.63) is 30.3 Å². The highest BCUT2D eigenvalue weighted by Crippen LogP contribution is 2.57. The lowest BCUT2D eigenvalue weighted by Crippen LogP contribution is -2.93. The lowest BCUT2D eigenvalue weighted by molar-refractivity contribution is -0.700. The summed E-state index contributed by atoms with van der Waals surface area (Å²) in [4.78, 5) is 0. The van der Waals surface area contributed by atoms with Crippen LogP contribution in [-0.2, 0) is 0 Å². The van der Waals surface area contributed by atoms with Crippen LogP contribution in [-0.4, -0.2) is 30.4 Å². The van der Waals surface area contributed by atoms with E-state index >= 15 is 0 Å². The van der Waals surface area contributed by atoms with Crippen LogP contribution in [0.2, 0.25) is 0 Å². The van der Waals surface area contributed by atoms with Gasteiger partial charge >= 0.3 is 0 Å². The van der Waals surface area contributed by atoms with Crippen LogP contribution in [0, 0.1) is 35.5 Å². The second-order valence-corrected chi connectivity index (χ2v) is 10.5. The lowest BCUT2D eigenvalue weighted by Gasteiger charge is -2.52. The quantitative estimate of drug-likeness (QED) is 0.760. The van der Waals surface area contributed by atoms with E-state index in [9.17, 15) is 5.11 Å². The molecule has 3 heteroatoms. The van der Waals surface area contributed by atoms with E-state index in [2.05, 4.69) is 5.32 Å². The van der Waals surface area contributed by atoms with Crippen LogP contribution >= 0.6 is 0 Å². The summed E-state index contributed by atoms with van der Waals surface area (Å²) in [6.45, 7) is 1.18. The molecule has 0 saturated heterocycles. The molecule has 29 heavy (non-hydrogen) atoms. The predicted molar refractivity (Wildman–Crippen MR) is 116 cm³/mol. The smallest absolute Gasteiger partial charge is 0.137 e. The molecule has 0 heterocycles. The van der Waals surface area contributed by atoms with E-state index in [4.69, 9.17) is 4.74 Å². The Labute approximate surface area is 176 Å². The van der Waals surface area contributed by atoms with Gasteiger partial charge in [-0.1, -0.05) is 37.5 Å². The first-order valence-corrected chi connectivity index (χ1v) is 12.5. The average Bonchev–Trinajstić information content (AvgIpc) is 3.20. The Morgan fingerprint density at radius 3 is 2.38 bits per heavy atom. The minimum atomic E-state index is -0.386. The van der Waals surface area contributed by atoms with Gasteiger partial charge in [-0.3, -0.25) is 0 Å². The molecule has 1 aromatic rings. The van der Waals surface area contributed by atoms with Crippen LogP contribution in [0.4, 0.5) is 0 Å². The van der Waals surface area contributed by atoms with Gasteiger partial charge in [0.1, 0.15) is 25.0 Å². The Kier molecular flexibility index (Phi) is 6.15. The molecule has 4 fully saturated rings. The summed E-state index contributed by atoms with van der Waals surface area (Å²) in [6.07, 6.45) is 14.5. The van der Waals surface area contributed by atoms with E-state index in [1.165, 1.54) is 64.2 Å². The number of hydrogen-bond acceptors (Lipinski definition) is 2. The van der Waals surface area contributed by atoms with E-state index in [1.807, 2.05) is 30.3 Å². The lowest BCUT2D eigenvalue weighted by atomic mass is 9.53. The Balaban J connectivity index is 1.12. The normalized spacial score (nSPS) is 39.8. The third kappa shape index (κ3) is 4.23. The summed E-state index contributed by atoms with van der Waals surface area (Å²) in [6, 6.07) is 10.6. The average molecular weight is 399 g/mol. The van der Waals surface area contributed by atoms with Crippen molar-refractivity contribution in [1.29, 1.82) is 0 Å². The third-order valence-electron chi connectivity index (χ3n) is 9.15. The van der Waals surface area contributed by atoms with Crippen molar-refractivity contribution in [2.45, 2.75) is 76.4 Å². The van der Waals surface area contributed by atoms with Gasteiger partial charge in [-0.25, -0.2) is 0 Å². The minimum Gasteiger partial charge on any atom is -0.491 e. The Morgan fingerprint density at radius 2 is 1.48 bits per heavy atom. The number of ether oxygens (including phenoxy) is 1. The second kappa shape index (κ2) is 8.98. The Morgan fingerprint density at radius 1 is 0.793 bits per heavy atom. The number of fused-ring (bicyclic) bond motifs is 5. The van der Waals surface area contributed by atoms with Gasteiger partial charge in [0.2, 0.25) is 0 Å². The van der Waals surface area contributed by atoms with Gasteiger partial charge in [-0.15, -0.1) is 0 Å². The molecular formula is C26H40NO2+. The van der Waals surface area contributed by atoms with Crippen LogP contribution in [0.3, 0.4) is 0 Å². The van der Waals surface area contributed by atoms with Crippen molar-refractivity contribution in [3.8, 4) is 5.75 Å². The number of aliphatic hydroxyl groups excluding tert-OH is 1. The van der Waals surface area contributed by atoms with Crippen molar-refractivity contribution < 1.29 is 15.2 Å². The molecule has 5 rings (SSSR count). The van der Waals surface area contributed by atoms with E-state index in [1.54, 1.807) is 0 Å². The van der Waals surface area contributed by atoms with Gasteiger partial charge in [-0.2, -0.15) is 0 Å². The summed E-state index contributed by atoms with van der Waals surface area (Å²) in [5, 5.41) is 12.9. The van der Waals surface area contributed by atoms with Crippen LogP contribution in [0.15, 0.2) is 30.3 Å². The second-order valence-electron chi connectivity index (χ2n) is 10.5. The third-order valence-corrected chi connectivity index (χ3v) is 9.15. The maximum absolute atomic E-state index is 10.4. The zero-order chi connectivity index (χ0) is 19.6. The first-order chi connectivity index (χ1) is 14.3. The first-order valence-electron chi connectivity index (χ1n) is 12.5. The maximum atomic E-state index is 10.4. The fourth-order valence-electron chi connectivity index (χ4n) is 7.93. The van der Waals surface area contributed by atoms with Crippen molar-refractivity contribution in [2.75, 3.05) is 13.2 Å². The van der Waals surface area contributed by atoms with Crippen LogP contribution in [0.5, 0.6) is 5.75 Å². The molecule has 3 N–H and O–H groups in total. The minimum absolute atomic E-state index is 0.386. The van der Waals surface area contributed by atoms with E-state index in [-0.39, 0.29) is 6.10 Å². The number of aliphatic hydroxyl groups is 1. The maximum Gasteiger partial charge on any atom is 0.137 e. The number of hydrogen-bond donors (Lipinski definition) is 2. The number of rotatable bonds is 6. The molecule has 0 bridgehead atoms. The molecule has 1 aromatic carbocycles. The Bertz CT molecular complexity index is 649.